The maximum absolute atomic E-state index is 12.2. The summed E-state index contributed by atoms with van der Waals surface area (Å²) in [5.41, 5.74) is 1.74. The van der Waals surface area contributed by atoms with Crippen LogP contribution in [0.3, 0.4) is 0 Å². The van der Waals surface area contributed by atoms with Gasteiger partial charge in [0.1, 0.15) is 28.2 Å². The van der Waals surface area contributed by atoms with Gasteiger partial charge in [0.15, 0.2) is 0 Å². The third kappa shape index (κ3) is 7.75. The Bertz CT molecular complexity index is 1640. The Balaban J connectivity index is 1.64. The summed E-state index contributed by atoms with van der Waals surface area (Å²) in [7, 11) is -4.60. The normalized spacial score (nSPS) is 11.7. The molecule has 0 aliphatic rings. The maximum atomic E-state index is 12.2. The fourth-order valence-electron chi connectivity index (χ4n) is 3.63. The van der Waals surface area contributed by atoms with Crippen LogP contribution in [0.25, 0.3) is 12.2 Å². The predicted molar refractivity (Wildman–Crippen MR) is 147 cm³/mol. The number of nitrogens with zero attached hydrogens (tertiary/aromatic N) is 6. The Morgan fingerprint density at radius 1 is 0.750 bits per heavy atom. The van der Waals surface area contributed by atoms with Gasteiger partial charge in [0.2, 0.25) is 11.9 Å². The summed E-state index contributed by atoms with van der Waals surface area (Å²) < 4.78 is 39.0. The highest BCUT2D eigenvalue weighted by molar-refractivity contribution is 7.94. The molecule has 0 radical (unpaired) electrons. The number of rotatable bonds is 10. The van der Waals surface area contributed by atoms with Crippen molar-refractivity contribution in [2.24, 2.45) is 0 Å². The third-order valence-corrected chi connectivity index (χ3v) is 6.70. The number of hydrogen-bond acceptors (Lipinski definition) is 14. The minimum absolute atomic E-state index is 0.213. The van der Waals surface area contributed by atoms with Crippen molar-refractivity contribution in [3.05, 3.63) is 70.8 Å². The van der Waals surface area contributed by atoms with E-state index in [2.05, 4.69) is 49.9 Å². The average molecular weight is 585 g/mol. The molecule has 0 unspecified atom stereocenters. The van der Waals surface area contributed by atoms with Gasteiger partial charge in [0, 0.05) is 16.3 Å². The van der Waals surface area contributed by atoms with Crippen molar-refractivity contribution >= 4 is 57.6 Å². The zero-order valence-corrected chi connectivity index (χ0v) is 23.3. The summed E-state index contributed by atoms with van der Waals surface area (Å²) in [5, 5.41) is 18.4. The van der Waals surface area contributed by atoms with E-state index in [9.17, 15) is 13.0 Å². The Hall–Kier alpha value is -4.06. The molecule has 0 bridgehead atoms. The van der Waals surface area contributed by atoms with Crippen molar-refractivity contribution < 1.29 is 27.6 Å². The lowest BCUT2D eigenvalue weighted by molar-refractivity contribution is -0.432. The van der Waals surface area contributed by atoms with Crippen LogP contribution in [0.1, 0.15) is 34.4 Å². The van der Waals surface area contributed by atoms with Gasteiger partial charge in [-0.15, -0.1) is 4.33 Å². The lowest BCUT2D eigenvalue weighted by Gasteiger charge is -2.11. The second-order valence-electron chi connectivity index (χ2n) is 8.30. The molecule has 0 atom stereocenters. The standard InChI is InChI=1S/C24H24N8O6S2/c1-13-25-14(2)28-23(27-13)31-19-9-7-17(21(11-19)39-38-37-33)5-6-18-8-10-20(12-22(18)40(34,35)36)32-24-29-15(3)26-16(4)30-24/h5-12,33H,1-4H3,(H,34,35,36)(H,25,27,28,31)(H,26,29,30,32)/b6-5+. The second kappa shape index (κ2) is 12.4. The molecule has 16 heteroatoms. The molecule has 0 fully saturated rings. The largest absolute Gasteiger partial charge is 0.324 e. The lowest BCUT2D eigenvalue weighted by atomic mass is 10.1. The fraction of sp³-hybridized carbons (Fsp3) is 0.167. The number of aromatic nitrogens is 6. The number of nitrogens with one attached hydrogen (secondary N) is 2. The zero-order chi connectivity index (χ0) is 28.9. The Morgan fingerprint density at radius 2 is 1.23 bits per heavy atom. The van der Waals surface area contributed by atoms with E-state index in [4.69, 9.17) is 5.26 Å². The second-order valence-corrected chi connectivity index (χ2v) is 10.4. The molecule has 0 aliphatic carbocycles. The van der Waals surface area contributed by atoms with E-state index in [1.54, 1.807) is 58.0 Å². The van der Waals surface area contributed by atoms with Gasteiger partial charge in [0.25, 0.3) is 10.1 Å². The molecule has 14 nitrogen and oxygen atoms in total. The molecule has 0 spiro atoms. The first-order chi connectivity index (χ1) is 19.0. The molecule has 0 aliphatic heterocycles. The number of aryl methyl sites for hydroxylation is 4. The van der Waals surface area contributed by atoms with E-state index >= 15 is 0 Å². The van der Waals surface area contributed by atoms with Crippen molar-refractivity contribution in [2.45, 2.75) is 37.5 Å². The van der Waals surface area contributed by atoms with Gasteiger partial charge >= 0.3 is 0 Å². The summed E-state index contributed by atoms with van der Waals surface area (Å²) in [6, 6.07) is 9.56. The van der Waals surface area contributed by atoms with E-state index in [0.717, 1.165) is 0 Å². The summed E-state index contributed by atoms with van der Waals surface area (Å²) in [6.07, 6.45) is 3.12. The van der Waals surface area contributed by atoms with Crippen LogP contribution in [-0.4, -0.2) is 48.1 Å². The summed E-state index contributed by atoms with van der Waals surface area (Å²) in [6.45, 7) is 6.91. The molecular weight excluding hydrogens is 560 g/mol. The Morgan fingerprint density at radius 3 is 1.73 bits per heavy atom. The van der Waals surface area contributed by atoms with Gasteiger partial charge in [-0.3, -0.25) is 4.55 Å². The number of benzene rings is 2. The van der Waals surface area contributed by atoms with Crippen LogP contribution < -0.4 is 10.6 Å². The molecule has 2 aromatic heterocycles. The predicted octanol–water partition coefficient (Wildman–Crippen LogP) is 4.62. The quantitative estimate of drug-likeness (QED) is 0.0662. The van der Waals surface area contributed by atoms with Crippen LogP contribution in [0, 0.1) is 27.7 Å². The molecule has 4 rings (SSSR count). The minimum Gasteiger partial charge on any atom is -0.324 e. The summed E-state index contributed by atoms with van der Waals surface area (Å²) in [5.74, 6) is 2.67. The van der Waals surface area contributed by atoms with Crippen LogP contribution in [0.15, 0.2) is 46.2 Å². The smallest absolute Gasteiger partial charge is 0.295 e. The van der Waals surface area contributed by atoms with Crippen molar-refractivity contribution in [2.75, 3.05) is 10.6 Å². The topological polar surface area (TPSA) is 194 Å². The van der Waals surface area contributed by atoms with Gasteiger partial charge in [-0.2, -0.15) is 28.4 Å². The molecule has 208 valence electrons. The first-order valence-corrected chi connectivity index (χ1v) is 13.7. The SMILES string of the molecule is Cc1nc(C)nc(Nc2ccc(/C=C/c3ccc(Nc4nc(C)nc(C)n4)cc3S(=O)(=O)O)c(SOOO)c2)n1. The van der Waals surface area contributed by atoms with Crippen molar-refractivity contribution in [3.8, 4) is 0 Å². The highest BCUT2D eigenvalue weighted by atomic mass is 32.2. The molecule has 0 saturated carbocycles. The molecule has 4 aromatic rings. The van der Waals surface area contributed by atoms with Crippen molar-refractivity contribution in [3.63, 3.8) is 0 Å². The third-order valence-electron chi connectivity index (χ3n) is 5.13. The van der Waals surface area contributed by atoms with E-state index in [1.165, 1.54) is 18.2 Å². The Labute approximate surface area is 233 Å². The van der Waals surface area contributed by atoms with E-state index < -0.39 is 10.1 Å². The van der Waals surface area contributed by atoms with Crippen LogP contribution in [0.4, 0.5) is 23.3 Å². The van der Waals surface area contributed by atoms with Crippen LogP contribution in [0.5, 0.6) is 0 Å². The number of anilines is 4. The Kier molecular flexibility index (Phi) is 8.98. The van der Waals surface area contributed by atoms with Gasteiger partial charge in [-0.05, 0) is 63.1 Å². The van der Waals surface area contributed by atoms with Crippen LogP contribution in [-0.2, 0) is 19.5 Å². The van der Waals surface area contributed by atoms with Gasteiger partial charge in [-0.1, -0.05) is 29.3 Å². The zero-order valence-electron chi connectivity index (χ0n) is 21.6. The van der Waals surface area contributed by atoms with Gasteiger partial charge in [0.05, 0.1) is 12.0 Å². The first kappa shape index (κ1) is 28.9. The molecular formula is C24H24N8O6S2. The van der Waals surface area contributed by atoms with Gasteiger partial charge in [-0.25, -0.2) is 15.2 Å². The summed E-state index contributed by atoms with van der Waals surface area (Å²) in [4.78, 5) is 25.3. The summed E-state index contributed by atoms with van der Waals surface area (Å²) >= 11 is 0.716. The monoisotopic (exact) mass is 584 g/mol. The maximum Gasteiger partial charge on any atom is 0.295 e. The van der Waals surface area contributed by atoms with Crippen molar-refractivity contribution in [1.29, 1.82) is 0 Å². The fourth-order valence-corrected chi connectivity index (χ4v) is 4.85. The van der Waals surface area contributed by atoms with Gasteiger partial charge < -0.3 is 10.6 Å². The highest BCUT2D eigenvalue weighted by Gasteiger charge is 2.16. The highest BCUT2D eigenvalue weighted by Crippen LogP contribution is 2.31. The first-order valence-electron chi connectivity index (χ1n) is 11.5. The van der Waals surface area contributed by atoms with E-state index in [1.807, 2.05) is 0 Å². The average Bonchev–Trinajstić information content (AvgIpc) is 2.85. The molecule has 0 saturated heterocycles. The minimum atomic E-state index is -4.60. The number of hydrogen-bond donors (Lipinski definition) is 4. The van der Waals surface area contributed by atoms with E-state index in [0.29, 0.717) is 63.1 Å². The molecule has 2 heterocycles. The van der Waals surface area contributed by atoms with Crippen LogP contribution >= 0.6 is 12.0 Å². The van der Waals surface area contributed by atoms with Crippen LogP contribution in [0.2, 0.25) is 0 Å². The molecule has 0 amide bonds. The van der Waals surface area contributed by atoms with Crippen molar-refractivity contribution in [1.82, 2.24) is 29.9 Å². The lowest BCUT2D eigenvalue weighted by Crippen LogP contribution is -2.05. The van der Waals surface area contributed by atoms with E-state index in [-0.39, 0.29) is 16.4 Å². The molecule has 4 N–H and O–H groups in total. The molecule has 40 heavy (non-hydrogen) atoms. The molecule has 2 aromatic carbocycles.